The number of anilines is 1. The van der Waals surface area contributed by atoms with Gasteiger partial charge in [0.1, 0.15) is 5.82 Å². The van der Waals surface area contributed by atoms with Crippen LogP contribution in [0.5, 0.6) is 0 Å². The SMILES string of the molecule is Cc1nc2c([nH]1)C[C@@H](C(=O)Nc1ccncc1)CC2. The molecule has 3 rings (SSSR count). The number of carbonyl (C=O) groups excluding carboxylic acids is 1. The molecule has 2 heterocycles. The summed E-state index contributed by atoms with van der Waals surface area (Å²) in [6, 6.07) is 3.60. The first-order chi connectivity index (χ1) is 9.22. The number of fused-ring (bicyclic) bond motifs is 1. The maximum atomic E-state index is 12.2. The molecule has 0 bridgehead atoms. The number of aromatic nitrogens is 3. The molecule has 0 saturated heterocycles. The van der Waals surface area contributed by atoms with Crippen LogP contribution >= 0.6 is 0 Å². The Morgan fingerprint density at radius 2 is 2.21 bits per heavy atom. The summed E-state index contributed by atoms with van der Waals surface area (Å²) in [6.07, 6.45) is 5.81. The number of rotatable bonds is 2. The summed E-state index contributed by atoms with van der Waals surface area (Å²) in [7, 11) is 0. The van der Waals surface area contributed by atoms with Crippen LogP contribution in [0.15, 0.2) is 24.5 Å². The van der Waals surface area contributed by atoms with Gasteiger partial charge in [0, 0.05) is 36.1 Å². The van der Waals surface area contributed by atoms with Crippen molar-refractivity contribution in [1.82, 2.24) is 15.0 Å². The number of nitrogens with one attached hydrogen (secondary N) is 2. The van der Waals surface area contributed by atoms with Crippen LogP contribution in [-0.4, -0.2) is 20.9 Å². The van der Waals surface area contributed by atoms with E-state index < -0.39 is 0 Å². The van der Waals surface area contributed by atoms with E-state index in [1.165, 1.54) is 0 Å². The molecule has 0 aliphatic heterocycles. The summed E-state index contributed by atoms with van der Waals surface area (Å²) in [4.78, 5) is 23.8. The van der Waals surface area contributed by atoms with Crippen LogP contribution in [-0.2, 0) is 17.6 Å². The van der Waals surface area contributed by atoms with Crippen LogP contribution in [0.25, 0.3) is 0 Å². The predicted molar refractivity (Wildman–Crippen MR) is 71.7 cm³/mol. The second-order valence-corrected chi connectivity index (χ2v) is 4.91. The molecular weight excluding hydrogens is 240 g/mol. The van der Waals surface area contributed by atoms with Gasteiger partial charge in [0.2, 0.25) is 5.91 Å². The van der Waals surface area contributed by atoms with Crippen LogP contribution < -0.4 is 5.32 Å². The third-order valence-corrected chi connectivity index (χ3v) is 3.48. The second-order valence-electron chi connectivity index (χ2n) is 4.91. The molecule has 5 nitrogen and oxygen atoms in total. The highest BCUT2D eigenvalue weighted by Gasteiger charge is 2.26. The number of H-pyrrole nitrogens is 1. The molecule has 0 aromatic carbocycles. The molecule has 1 aliphatic rings. The smallest absolute Gasteiger partial charge is 0.227 e. The fourth-order valence-corrected chi connectivity index (χ4v) is 2.53. The number of hydrogen-bond donors (Lipinski definition) is 2. The van der Waals surface area contributed by atoms with Crippen molar-refractivity contribution in [2.24, 2.45) is 5.92 Å². The summed E-state index contributed by atoms with van der Waals surface area (Å²) in [5.74, 6) is 1.02. The number of aromatic amines is 1. The average molecular weight is 256 g/mol. The first-order valence-electron chi connectivity index (χ1n) is 6.47. The molecule has 0 spiro atoms. The van der Waals surface area contributed by atoms with E-state index in [1.54, 1.807) is 24.5 Å². The average Bonchev–Trinajstić information content (AvgIpc) is 2.78. The summed E-state index contributed by atoms with van der Waals surface area (Å²) in [6.45, 7) is 1.95. The second kappa shape index (κ2) is 4.84. The Morgan fingerprint density at radius 1 is 1.42 bits per heavy atom. The quantitative estimate of drug-likeness (QED) is 0.861. The van der Waals surface area contributed by atoms with Gasteiger partial charge in [-0.1, -0.05) is 0 Å². The van der Waals surface area contributed by atoms with Crippen molar-refractivity contribution >= 4 is 11.6 Å². The number of nitrogens with zero attached hydrogens (tertiary/aromatic N) is 2. The van der Waals surface area contributed by atoms with Gasteiger partial charge in [-0.3, -0.25) is 9.78 Å². The minimum Gasteiger partial charge on any atom is -0.346 e. The number of aryl methyl sites for hydroxylation is 2. The van der Waals surface area contributed by atoms with E-state index in [0.29, 0.717) is 0 Å². The van der Waals surface area contributed by atoms with E-state index >= 15 is 0 Å². The number of carbonyl (C=O) groups is 1. The Morgan fingerprint density at radius 3 is 3.00 bits per heavy atom. The van der Waals surface area contributed by atoms with Crippen molar-refractivity contribution in [2.45, 2.75) is 26.2 Å². The summed E-state index contributed by atoms with van der Waals surface area (Å²) >= 11 is 0. The lowest BCUT2D eigenvalue weighted by Crippen LogP contribution is -2.28. The van der Waals surface area contributed by atoms with Gasteiger partial charge in [0.25, 0.3) is 0 Å². The first kappa shape index (κ1) is 11.9. The highest BCUT2D eigenvalue weighted by Crippen LogP contribution is 2.24. The van der Waals surface area contributed by atoms with Crippen LogP contribution in [0.4, 0.5) is 5.69 Å². The summed E-state index contributed by atoms with van der Waals surface area (Å²) in [5.41, 5.74) is 3.02. The van der Waals surface area contributed by atoms with Gasteiger partial charge in [-0.25, -0.2) is 4.98 Å². The van der Waals surface area contributed by atoms with Crippen molar-refractivity contribution in [1.29, 1.82) is 0 Å². The molecule has 1 amide bonds. The maximum Gasteiger partial charge on any atom is 0.227 e. The first-order valence-corrected chi connectivity index (χ1v) is 6.47. The molecule has 1 atom stereocenters. The molecule has 1 aliphatic carbocycles. The highest BCUT2D eigenvalue weighted by molar-refractivity contribution is 5.92. The topological polar surface area (TPSA) is 70.7 Å². The number of hydrogen-bond acceptors (Lipinski definition) is 3. The lowest BCUT2D eigenvalue weighted by Gasteiger charge is -2.20. The molecule has 0 fully saturated rings. The number of amides is 1. The van der Waals surface area contributed by atoms with E-state index in [9.17, 15) is 4.79 Å². The largest absolute Gasteiger partial charge is 0.346 e. The Kier molecular flexibility index (Phi) is 3.03. The van der Waals surface area contributed by atoms with E-state index in [2.05, 4.69) is 20.3 Å². The van der Waals surface area contributed by atoms with E-state index in [0.717, 1.165) is 42.2 Å². The lowest BCUT2D eigenvalue weighted by molar-refractivity contribution is -0.120. The number of imidazole rings is 1. The molecule has 2 aromatic rings. The monoisotopic (exact) mass is 256 g/mol. The van der Waals surface area contributed by atoms with E-state index in [-0.39, 0.29) is 11.8 Å². The van der Waals surface area contributed by atoms with E-state index in [1.807, 2.05) is 6.92 Å². The molecule has 5 heteroatoms. The predicted octanol–water partition coefficient (Wildman–Crippen LogP) is 1.86. The van der Waals surface area contributed by atoms with Crippen molar-refractivity contribution in [2.75, 3.05) is 5.32 Å². The van der Waals surface area contributed by atoms with Crippen molar-refractivity contribution in [3.8, 4) is 0 Å². The van der Waals surface area contributed by atoms with Gasteiger partial charge >= 0.3 is 0 Å². The Hall–Kier alpha value is -2.17. The molecule has 0 unspecified atom stereocenters. The van der Waals surface area contributed by atoms with Crippen LogP contribution in [0.2, 0.25) is 0 Å². The standard InChI is InChI=1S/C14H16N4O/c1-9-16-12-3-2-10(8-13(12)17-9)14(19)18-11-4-6-15-7-5-11/h4-7,10H,2-3,8H2,1H3,(H,16,17)(H,15,18,19)/t10-/m0/s1. The third kappa shape index (κ3) is 2.50. The minimum atomic E-state index is 0.0144. The van der Waals surface area contributed by atoms with Gasteiger partial charge in [0.15, 0.2) is 0 Å². The minimum absolute atomic E-state index is 0.0144. The third-order valence-electron chi connectivity index (χ3n) is 3.48. The zero-order valence-corrected chi connectivity index (χ0v) is 10.8. The van der Waals surface area contributed by atoms with Crippen molar-refractivity contribution in [3.63, 3.8) is 0 Å². The van der Waals surface area contributed by atoms with E-state index in [4.69, 9.17) is 0 Å². The molecule has 19 heavy (non-hydrogen) atoms. The Labute approximate surface area is 111 Å². The fourth-order valence-electron chi connectivity index (χ4n) is 2.53. The van der Waals surface area contributed by atoms with Gasteiger partial charge in [-0.15, -0.1) is 0 Å². The zero-order valence-electron chi connectivity index (χ0n) is 10.8. The molecule has 0 radical (unpaired) electrons. The zero-order chi connectivity index (χ0) is 13.2. The highest BCUT2D eigenvalue weighted by atomic mass is 16.1. The summed E-state index contributed by atoms with van der Waals surface area (Å²) < 4.78 is 0. The Balaban J connectivity index is 1.69. The molecule has 2 aromatic heterocycles. The lowest BCUT2D eigenvalue weighted by atomic mass is 9.89. The van der Waals surface area contributed by atoms with Crippen molar-refractivity contribution in [3.05, 3.63) is 41.7 Å². The maximum absolute atomic E-state index is 12.2. The molecule has 0 saturated carbocycles. The summed E-state index contributed by atoms with van der Waals surface area (Å²) in [5, 5.41) is 2.94. The molecule has 98 valence electrons. The van der Waals surface area contributed by atoms with Crippen LogP contribution in [0, 0.1) is 12.8 Å². The van der Waals surface area contributed by atoms with Gasteiger partial charge in [-0.2, -0.15) is 0 Å². The fraction of sp³-hybridized carbons (Fsp3) is 0.357. The normalized spacial score (nSPS) is 17.8. The number of pyridine rings is 1. The van der Waals surface area contributed by atoms with Gasteiger partial charge < -0.3 is 10.3 Å². The molecular formula is C14H16N4O. The molecule has 2 N–H and O–H groups in total. The van der Waals surface area contributed by atoms with Crippen molar-refractivity contribution < 1.29 is 4.79 Å². The Bertz CT molecular complexity index is 591. The van der Waals surface area contributed by atoms with Crippen LogP contribution in [0.3, 0.4) is 0 Å². The van der Waals surface area contributed by atoms with Crippen LogP contribution in [0.1, 0.15) is 23.6 Å². The van der Waals surface area contributed by atoms with Gasteiger partial charge in [-0.05, 0) is 31.9 Å². The van der Waals surface area contributed by atoms with Gasteiger partial charge in [0.05, 0.1) is 5.69 Å².